The number of carbonyl (C=O) groups excluding carboxylic acids is 1. The fourth-order valence-corrected chi connectivity index (χ4v) is 2.87. The van der Waals surface area contributed by atoms with Crippen LogP contribution in [0.1, 0.15) is 6.92 Å². The topological polar surface area (TPSA) is 86.5 Å². The van der Waals surface area contributed by atoms with Crippen molar-refractivity contribution in [3.05, 3.63) is 42.2 Å². The molecule has 4 atom stereocenters. The summed E-state index contributed by atoms with van der Waals surface area (Å²) in [6.07, 6.45) is -2.66. The Morgan fingerprint density at radius 3 is 2.65 bits per heavy atom. The van der Waals surface area contributed by atoms with E-state index >= 15 is 0 Å². The quantitative estimate of drug-likeness (QED) is 0.534. The predicted octanol–water partition coefficient (Wildman–Crippen LogP) is 1.78. The number of amides is 2. The molecule has 0 spiro atoms. The highest BCUT2D eigenvalue weighted by molar-refractivity contribution is 5.93. The summed E-state index contributed by atoms with van der Waals surface area (Å²) in [7, 11) is 1.39. The molecule has 0 aliphatic carbocycles. The van der Waals surface area contributed by atoms with Crippen LogP contribution in [-0.2, 0) is 4.84 Å². The molecule has 0 saturated carbocycles. The summed E-state index contributed by atoms with van der Waals surface area (Å²) in [6.45, 7) is 1.67. The van der Waals surface area contributed by atoms with Crippen LogP contribution in [0.2, 0.25) is 0 Å². The number of rotatable bonds is 4. The lowest BCUT2D eigenvalue weighted by molar-refractivity contribution is -0.0163. The lowest BCUT2D eigenvalue weighted by atomic mass is 10.1. The number of hydrogen-bond donors (Lipinski definition) is 5. The molecule has 1 aliphatic rings. The van der Waals surface area contributed by atoms with Crippen LogP contribution in [-0.4, -0.2) is 37.8 Å². The average Bonchev–Trinajstić information content (AvgIpc) is 2.59. The van der Waals surface area contributed by atoms with Gasteiger partial charge in [-0.1, -0.05) is 12.1 Å². The Morgan fingerprint density at radius 2 is 1.88 bits per heavy atom. The molecule has 1 heterocycles. The maximum absolute atomic E-state index is 14.0. The minimum Gasteiger partial charge on any atom is -0.310 e. The van der Waals surface area contributed by atoms with Gasteiger partial charge >= 0.3 is 6.03 Å². The first-order valence-electron chi connectivity index (χ1n) is 8.18. The molecular formula is C17H21F2N5O2. The first-order valence-corrected chi connectivity index (χ1v) is 8.18. The third-order valence-electron chi connectivity index (χ3n) is 4.15. The summed E-state index contributed by atoms with van der Waals surface area (Å²) >= 11 is 0. The second-order valence-electron chi connectivity index (χ2n) is 6.10. The lowest BCUT2D eigenvalue weighted by Crippen LogP contribution is -2.72. The van der Waals surface area contributed by atoms with E-state index in [-0.39, 0.29) is 5.82 Å². The Labute approximate surface area is 149 Å². The largest absolute Gasteiger partial charge is 0.321 e. The summed E-state index contributed by atoms with van der Waals surface area (Å²) in [5.41, 5.74) is 3.07. The zero-order chi connectivity index (χ0) is 18.7. The zero-order valence-electron chi connectivity index (χ0n) is 14.3. The minimum atomic E-state index is -1.24. The lowest BCUT2D eigenvalue weighted by Gasteiger charge is -2.38. The van der Waals surface area contributed by atoms with Crippen molar-refractivity contribution in [2.75, 3.05) is 12.4 Å². The molecule has 1 aliphatic heterocycles. The van der Waals surface area contributed by atoms with Gasteiger partial charge < -0.3 is 15.5 Å². The third-order valence-corrected chi connectivity index (χ3v) is 4.15. The van der Waals surface area contributed by atoms with Crippen LogP contribution >= 0.6 is 0 Å². The van der Waals surface area contributed by atoms with Crippen LogP contribution < -0.4 is 26.7 Å². The molecule has 2 aromatic rings. The van der Waals surface area contributed by atoms with Gasteiger partial charge in [-0.15, -0.1) is 0 Å². The van der Waals surface area contributed by atoms with Gasteiger partial charge in [-0.3, -0.25) is 10.6 Å². The SMILES string of the molecule is CONC1NC(NC(=O)Nc2ccc3cc(F)ccc3c2)NC(C)C1F. The van der Waals surface area contributed by atoms with Crippen molar-refractivity contribution < 1.29 is 18.4 Å². The maximum Gasteiger partial charge on any atom is 0.321 e. The van der Waals surface area contributed by atoms with Gasteiger partial charge in [0.25, 0.3) is 0 Å². The van der Waals surface area contributed by atoms with Gasteiger partial charge in [-0.2, -0.15) is 5.48 Å². The van der Waals surface area contributed by atoms with Gasteiger partial charge in [0.15, 0.2) is 0 Å². The highest BCUT2D eigenvalue weighted by Crippen LogP contribution is 2.20. The number of hydrogen-bond acceptors (Lipinski definition) is 5. The van der Waals surface area contributed by atoms with Crippen molar-refractivity contribution in [2.24, 2.45) is 0 Å². The Morgan fingerprint density at radius 1 is 1.15 bits per heavy atom. The molecule has 1 saturated heterocycles. The fourth-order valence-electron chi connectivity index (χ4n) is 2.87. The number of carbonyl (C=O) groups is 1. The second-order valence-corrected chi connectivity index (χ2v) is 6.10. The highest BCUT2D eigenvalue weighted by Gasteiger charge is 2.35. The average molecular weight is 365 g/mol. The van der Waals surface area contributed by atoms with Crippen molar-refractivity contribution in [1.29, 1.82) is 0 Å². The fraction of sp³-hybridized carbons (Fsp3) is 0.353. The number of benzene rings is 2. The van der Waals surface area contributed by atoms with Gasteiger partial charge in [0.2, 0.25) is 0 Å². The number of nitrogens with one attached hydrogen (secondary N) is 5. The monoisotopic (exact) mass is 365 g/mol. The summed E-state index contributed by atoms with van der Waals surface area (Å²) in [6, 6.07) is 8.60. The van der Waals surface area contributed by atoms with Crippen LogP contribution in [0.25, 0.3) is 10.8 Å². The van der Waals surface area contributed by atoms with Gasteiger partial charge in [0.1, 0.15) is 24.4 Å². The molecule has 5 N–H and O–H groups in total. The Balaban J connectivity index is 1.62. The van der Waals surface area contributed by atoms with Gasteiger partial charge in [-0.05, 0) is 42.0 Å². The summed E-state index contributed by atoms with van der Waals surface area (Å²) in [5, 5.41) is 12.7. The molecule has 1 fully saturated rings. The van der Waals surface area contributed by atoms with Crippen molar-refractivity contribution in [3.63, 3.8) is 0 Å². The van der Waals surface area contributed by atoms with E-state index in [1.807, 2.05) is 0 Å². The van der Waals surface area contributed by atoms with E-state index in [4.69, 9.17) is 4.84 Å². The number of hydroxylamine groups is 1. The zero-order valence-corrected chi connectivity index (χ0v) is 14.3. The van der Waals surface area contributed by atoms with Crippen LogP contribution in [0.5, 0.6) is 0 Å². The Bertz CT molecular complexity index is 791. The van der Waals surface area contributed by atoms with Crippen molar-refractivity contribution >= 4 is 22.5 Å². The summed E-state index contributed by atoms with van der Waals surface area (Å²) in [4.78, 5) is 17.0. The molecule has 0 radical (unpaired) electrons. The predicted molar refractivity (Wildman–Crippen MR) is 94.4 cm³/mol. The first-order chi connectivity index (χ1) is 12.5. The number of fused-ring (bicyclic) bond motifs is 1. The first kappa shape index (κ1) is 18.5. The van der Waals surface area contributed by atoms with Gasteiger partial charge in [0.05, 0.1) is 7.11 Å². The van der Waals surface area contributed by atoms with Gasteiger partial charge in [0, 0.05) is 11.7 Å². The molecule has 7 nitrogen and oxygen atoms in total. The molecule has 2 aromatic carbocycles. The highest BCUT2D eigenvalue weighted by atomic mass is 19.1. The van der Waals surface area contributed by atoms with Crippen LogP contribution in [0, 0.1) is 5.82 Å². The smallest absolute Gasteiger partial charge is 0.310 e. The van der Waals surface area contributed by atoms with E-state index in [2.05, 4.69) is 26.7 Å². The van der Waals surface area contributed by atoms with E-state index in [0.717, 1.165) is 10.8 Å². The number of anilines is 1. The summed E-state index contributed by atoms with van der Waals surface area (Å²) < 4.78 is 27.3. The third kappa shape index (κ3) is 4.25. The standard InChI is InChI=1S/C17H21F2N5O2/c1-9-14(19)15(24-26-2)22-16(20-9)23-17(25)21-13-6-4-10-7-12(18)5-3-11(10)8-13/h3-9,14-16,20,22,24H,1-2H3,(H2,21,23,25). The molecule has 140 valence electrons. The van der Waals surface area contributed by atoms with Crippen LogP contribution in [0.3, 0.4) is 0 Å². The molecule has 0 bridgehead atoms. The van der Waals surface area contributed by atoms with Gasteiger partial charge in [-0.25, -0.2) is 13.6 Å². The molecular weight excluding hydrogens is 344 g/mol. The molecule has 0 aromatic heterocycles. The second kappa shape index (κ2) is 7.92. The van der Waals surface area contributed by atoms with E-state index in [1.165, 1.54) is 19.2 Å². The molecule has 4 unspecified atom stereocenters. The number of halogens is 2. The molecule has 26 heavy (non-hydrogen) atoms. The van der Waals surface area contributed by atoms with Crippen molar-refractivity contribution in [1.82, 2.24) is 21.4 Å². The van der Waals surface area contributed by atoms with Crippen molar-refractivity contribution in [2.45, 2.75) is 31.6 Å². The Hall–Kier alpha value is -2.33. The van der Waals surface area contributed by atoms with Crippen LogP contribution in [0.15, 0.2) is 36.4 Å². The molecule has 2 amide bonds. The van der Waals surface area contributed by atoms with E-state index in [1.54, 1.807) is 31.2 Å². The Kier molecular flexibility index (Phi) is 5.62. The maximum atomic E-state index is 14.0. The van der Waals surface area contributed by atoms with Crippen LogP contribution in [0.4, 0.5) is 19.3 Å². The normalized spacial score (nSPS) is 25.8. The van der Waals surface area contributed by atoms with Crippen molar-refractivity contribution in [3.8, 4) is 0 Å². The number of urea groups is 1. The minimum absolute atomic E-state index is 0.315. The molecule has 3 rings (SSSR count). The van der Waals surface area contributed by atoms with E-state index in [0.29, 0.717) is 5.69 Å². The molecule has 9 heteroatoms. The summed E-state index contributed by atoms with van der Waals surface area (Å²) in [5.74, 6) is -0.315. The van der Waals surface area contributed by atoms with E-state index < -0.39 is 30.7 Å². The van der Waals surface area contributed by atoms with E-state index in [9.17, 15) is 13.6 Å². The number of alkyl halides is 1.